The molecule has 0 radical (unpaired) electrons. The average Bonchev–Trinajstić information content (AvgIpc) is 2.26. The first kappa shape index (κ1) is 11.9. The molecule has 92 valence electrons. The van der Waals surface area contributed by atoms with Crippen molar-refractivity contribution in [3.05, 3.63) is 23.9 Å². The minimum Gasteiger partial charge on any atom is -0.365 e. The fourth-order valence-electron chi connectivity index (χ4n) is 2.01. The van der Waals surface area contributed by atoms with Gasteiger partial charge in [-0.15, -0.1) is 0 Å². The molecule has 1 aromatic rings. The van der Waals surface area contributed by atoms with E-state index < -0.39 is 5.91 Å². The van der Waals surface area contributed by atoms with E-state index in [-0.39, 0.29) is 0 Å². The number of hydrogen-bond donors (Lipinski definition) is 2. The van der Waals surface area contributed by atoms with Crippen LogP contribution in [0.15, 0.2) is 18.3 Å². The second-order valence-electron chi connectivity index (χ2n) is 4.24. The summed E-state index contributed by atoms with van der Waals surface area (Å²) >= 11 is 0. The average molecular weight is 234 g/mol. The van der Waals surface area contributed by atoms with Crippen molar-refractivity contribution in [2.24, 2.45) is 5.73 Å². The van der Waals surface area contributed by atoms with Crippen molar-refractivity contribution >= 4 is 11.7 Å². The van der Waals surface area contributed by atoms with E-state index in [0.29, 0.717) is 17.4 Å². The molecule has 1 aliphatic heterocycles. The molecule has 5 nitrogen and oxygen atoms in total. The molecule has 1 aliphatic rings. The fraction of sp³-hybridized carbons (Fsp3) is 0.500. The Balaban J connectivity index is 2.30. The summed E-state index contributed by atoms with van der Waals surface area (Å²) in [5, 5.41) is 3.23. The van der Waals surface area contributed by atoms with E-state index >= 15 is 0 Å². The maximum absolute atomic E-state index is 11.4. The molecule has 0 saturated carbocycles. The predicted octanol–water partition coefficient (Wildman–Crippen LogP) is 0.369. The Morgan fingerprint density at radius 2 is 2.41 bits per heavy atom. The maximum Gasteiger partial charge on any atom is 0.252 e. The fourth-order valence-corrected chi connectivity index (χ4v) is 2.01. The number of amides is 1. The molecule has 0 aromatic carbocycles. The van der Waals surface area contributed by atoms with E-state index in [2.05, 4.69) is 22.1 Å². The molecule has 2 rings (SSSR count). The van der Waals surface area contributed by atoms with Crippen LogP contribution in [0.5, 0.6) is 0 Å². The molecular weight excluding hydrogens is 216 g/mol. The molecule has 1 amide bonds. The monoisotopic (exact) mass is 234 g/mol. The summed E-state index contributed by atoms with van der Waals surface area (Å²) in [6.07, 6.45) is 2.72. The summed E-state index contributed by atoms with van der Waals surface area (Å²) in [7, 11) is 0. The lowest BCUT2D eigenvalue weighted by Gasteiger charge is -2.39. The Kier molecular flexibility index (Phi) is 3.58. The van der Waals surface area contributed by atoms with E-state index in [4.69, 9.17) is 5.73 Å². The van der Waals surface area contributed by atoms with E-state index in [1.165, 1.54) is 0 Å². The number of nitrogens with zero attached hydrogens (tertiary/aromatic N) is 2. The quantitative estimate of drug-likeness (QED) is 0.772. The number of hydrogen-bond acceptors (Lipinski definition) is 4. The van der Waals surface area contributed by atoms with Crippen LogP contribution in [0.4, 0.5) is 5.82 Å². The van der Waals surface area contributed by atoms with Crippen LogP contribution in [-0.2, 0) is 0 Å². The van der Waals surface area contributed by atoms with Crippen LogP contribution in [0.1, 0.15) is 23.7 Å². The summed E-state index contributed by atoms with van der Waals surface area (Å²) in [5.74, 6) is 0.301. The normalized spacial score (nSPS) is 15.4. The number of carbonyl (C=O) groups is 1. The molecule has 0 aliphatic carbocycles. The van der Waals surface area contributed by atoms with E-state index in [1.54, 1.807) is 18.3 Å². The first-order valence-electron chi connectivity index (χ1n) is 5.96. The van der Waals surface area contributed by atoms with Crippen LogP contribution in [0, 0.1) is 0 Å². The van der Waals surface area contributed by atoms with Gasteiger partial charge in [0.15, 0.2) is 0 Å². The van der Waals surface area contributed by atoms with E-state index in [0.717, 1.165) is 26.1 Å². The van der Waals surface area contributed by atoms with Crippen molar-refractivity contribution in [1.82, 2.24) is 10.3 Å². The highest BCUT2D eigenvalue weighted by Crippen LogP contribution is 2.21. The largest absolute Gasteiger partial charge is 0.365 e. The van der Waals surface area contributed by atoms with Gasteiger partial charge in [-0.25, -0.2) is 4.98 Å². The molecule has 3 N–H and O–H groups in total. The first-order chi connectivity index (χ1) is 8.24. The molecule has 0 spiro atoms. The van der Waals surface area contributed by atoms with Crippen LogP contribution in [0.25, 0.3) is 0 Å². The van der Waals surface area contributed by atoms with Gasteiger partial charge in [0.2, 0.25) is 0 Å². The summed E-state index contributed by atoms with van der Waals surface area (Å²) in [6.45, 7) is 4.89. The highest BCUT2D eigenvalue weighted by molar-refractivity contribution is 5.97. The van der Waals surface area contributed by atoms with E-state index in [1.807, 2.05) is 0 Å². The van der Waals surface area contributed by atoms with Gasteiger partial charge in [-0.1, -0.05) is 6.92 Å². The van der Waals surface area contributed by atoms with Crippen molar-refractivity contribution in [2.45, 2.75) is 19.4 Å². The third-order valence-corrected chi connectivity index (χ3v) is 2.99. The second-order valence-corrected chi connectivity index (χ2v) is 4.24. The highest BCUT2D eigenvalue weighted by Gasteiger charge is 2.27. The van der Waals surface area contributed by atoms with Gasteiger partial charge in [-0.3, -0.25) is 4.79 Å². The van der Waals surface area contributed by atoms with Gasteiger partial charge in [-0.05, 0) is 18.6 Å². The predicted molar refractivity (Wildman–Crippen MR) is 67.0 cm³/mol. The van der Waals surface area contributed by atoms with Crippen LogP contribution < -0.4 is 16.0 Å². The topological polar surface area (TPSA) is 71.2 Å². The summed E-state index contributed by atoms with van der Waals surface area (Å²) < 4.78 is 0. The third kappa shape index (κ3) is 2.39. The Morgan fingerprint density at radius 3 is 2.94 bits per heavy atom. The number of nitrogens with two attached hydrogens (primary N) is 1. The van der Waals surface area contributed by atoms with Gasteiger partial charge < -0.3 is 16.0 Å². The number of aromatic nitrogens is 1. The first-order valence-corrected chi connectivity index (χ1v) is 5.96. The molecule has 1 fully saturated rings. The SMILES string of the molecule is CCCN(c1ncccc1C(N)=O)C1CNC1. The molecule has 1 saturated heterocycles. The zero-order valence-electron chi connectivity index (χ0n) is 10.0. The van der Waals surface area contributed by atoms with Crippen LogP contribution in [0.3, 0.4) is 0 Å². The molecule has 0 unspecified atom stereocenters. The van der Waals surface area contributed by atoms with Gasteiger partial charge >= 0.3 is 0 Å². The van der Waals surface area contributed by atoms with Crippen LogP contribution in [0.2, 0.25) is 0 Å². The number of primary amides is 1. The van der Waals surface area contributed by atoms with Crippen molar-refractivity contribution in [2.75, 3.05) is 24.5 Å². The molecule has 0 bridgehead atoms. The molecule has 1 aromatic heterocycles. The lowest BCUT2D eigenvalue weighted by atomic mass is 10.1. The number of pyridine rings is 1. The van der Waals surface area contributed by atoms with Crippen LogP contribution >= 0.6 is 0 Å². The van der Waals surface area contributed by atoms with E-state index in [9.17, 15) is 4.79 Å². The molecule has 5 heteroatoms. The van der Waals surface area contributed by atoms with Gasteiger partial charge in [-0.2, -0.15) is 0 Å². The lowest BCUT2D eigenvalue weighted by Crippen LogP contribution is -2.58. The molecule has 2 heterocycles. The van der Waals surface area contributed by atoms with Crippen molar-refractivity contribution in [3.63, 3.8) is 0 Å². The number of anilines is 1. The molecule has 0 atom stereocenters. The Morgan fingerprint density at radius 1 is 1.65 bits per heavy atom. The Labute approximate surface area is 101 Å². The summed E-state index contributed by atoms with van der Waals surface area (Å²) in [5.41, 5.74) is 5.89. The van der Waals surface area contributed by atoms with Gasteiger partial charge in [0.1, 0.15) is 5.82 Å². The number of nitrogens with one attached hydrogen (secondary N) is 1. The maximum atomic E-state index is 11.4. The number of rotatable bonds is 5. The van der Waals surface area contributed by atoms with Crippen molar-refractivity contribution in [1.29, 1.82) is 0 Å². The third-order valence-electron chi connectivity index (χ3n) is 2.99. The minimum atomic E-state index is -0.415. The van der Waals surface area contributed by atoms with Gasteiger partial charge in [0.25, 0.3) is 5.91 Å². The zero-order chi connectivity index (χ0) is 12.3. The highest BCUT2D eigenvalue weighted by atomic mass is 16.1. The summed E-state index contributed by atoms with van der Waals surface area (Å²) in [6, 6.07) is 3.90. The van der Waals surface area contributed by atoms with Crippen molar-refractivity contribution < 1.29 is 4.79 Å². The van der Waals surface area contributed by atoms with Gasteiger partial charge in [0.05, 0.1) is 11.6 Å². The molecular formula is C12H18N4O. The zero-order valence-corrected chi connectivity index (χ0v) is 10.0. The molecule has 17 heavy (non-hydrogen) atoms. The minimum absolute atomic E-state index is 0.415. The standard InChI is InChI=1S/C12H18N4O/c1-2-6-16(9-7-14-8-9)12-10(11(13)17)4-3-5-15-12/h3-5,9,14H,2,6-8H2,1H3,(H2,13,17). The van der Waals surface area contributed by atoms with Crippen molar-refractivity contribution in [3.8, 4) is 0 Å². The van der Waals surface area contributed by atoms with Crippen LogP contribution in [-0.4, -0.2) is 36.6 Å². The van der Waals surface area contributed by atoms with Gasteiger partial charge in [0, 0.05) is 25.8 Å². The Bertz CT molecular complexity index is 403. The second kappa shape index (κ2) is 5.14. The Hall–Kier alpha value is -1.62. The number of carbonyl (C=O) groups excluding carboxylic acids is 1. The lowest BCUT2D eigenvalue weighted by molar-refractivity contribution is 0.1000. The smallest absolute Gasteiger partial charge is 0.252 e. The summed E-state index contributed by atoms with van der Waals surface area (Å²) in [4.78, 5) is 17.9.